The van der Waals surface area contributed by atoms with Crippen LogP contribution in [0.25, 0.3) is 21.9 Å². The van der Waals surface area contributed by atoms with Crippen molar-refractivity contribution in [2.75, 3.05) is 26.2 Å². The van der Waals surface area contributed by atoms with Gasteiger partial charge in [-0.2, -0.15) is 13.2 Å². The number of rotatable bonds is 3. The monoisotopic (exact) mass is 395 g/mol. The van der Waals surface area contributed by atoms with E-state index in [0.717, 1.165) is 42.9 Å². The van der Waals surface area contributed by atoms with Crippen molar-refractivity contribution in [2.24, 2.45) is 5.41 Å². The van der Waals surface area contributed by atoms with Crippen molar-refractivity contribution in [1.29, 1.82) is 0 Å². The highest BCUT2D eigenvalue weighted by molar-refractivity contribution is 6.34. The molecule has 0 unspecified atom stereocenters. The molecular weight excluding hydrogens is 379 g/mol. The second kappa shape index (κ2) is 5.80. The summed E-state index contributed by atoms with van der Waals surface area (Å²) >= 11 is 6.12. The topological polar surface area (TPSA) is 46.0 Å². The lowest BCUT2D eigenvalue weighted by molar-refractivity contribution is -0.139. The summed E-state index contributed by atoms with van der Waals surface area (Å²) in [5, 5.41) is 4.02. The molecule has 4 heterocycles. The molecule has 2 aromatic heterocycles. The summed E-state index contributed by atoms with van der Waals surface area (Å²) in [5.74, 6) is 0. The van der Waals surface area contributed by atoms with Gasteiger partial charge in [0.05, 0.1) is 5.52 Å². The molecule has 0 saturated carbocycles. The molecule has 2 aliphatic rings. The Morgan fingerprint density at radius 1 is 1.19 bits per heavy atom. The normalized spacial score (nSPS) is 19.6. The number of benzene rings is 1. The van der Waals surface area contributed by atoms with E-state index in [1.165, 1.54) is 6.33 Å². The van der Waals surface area contributed by atoms with Crippen LogP contribution in [-0.2, 0) is 13.1 Å². The first kappa shape index (κ1) is 17.2. The molecule has 1 aromatic carbocycles. The average molecular weight is 396 g/mol. The first-order valence-electron chi connectivity index (χ1n) is 8.75. The smallest absolute Gasteiger partial charge is 0.327 e. The maximum Gasteiger partial charge on any atom is 0.406 e. The van der Waals surface area contributed by atoms with Crippen molar-refractivity contribution < 1.29 is 13.2 Å². The minimum absolute atomic E-state index is 0.0316. The summed E-state index contributed by atoms with van der Waals surface area (Å²) in [5.41, 5.74) is 2.65. The van der Waals surface area contributed by atoms with E-state index in [9.17, 15) is 13.2 Å². The lowest BCUT2D eigenvalue weighted by Gasteiger charge is -2.56. The van der Waals surface area contributed by atoms with Gasteiger partial charge in [0, 0.05) is 43.5 Å². The Labute approximate surface area is 158 Å². The molecule has 2 saturated heterocycles. The van der Waals surface area contributed by atoms with Crippen LogP contribution in [0.3, 0.4) is 0 Å². The largest absolute Gasteiger partial charge is 0.406 e. The van der Waals surface area contributed by atoms with Crippen molar-refractivity contribution >= 4 is 33.5 Å². The Bertz CT molecular complexity index is 1030. The molecule has 0 aliphatic carbocycles. The van der Waals surface area contributed by atoms with Gasteiger partial charge in [-0.05, 0) is 17.7 Å². The fraction of sp³-hybridized carbons (Fsp3) is 0.444. The van der Waals surface area contributed by atoms with Gasteiger partial charge in [-0.3, -0.25) is 4.90 Å². The highest BCUT2D eigenvalue weighted by Gasteiger charge is 2.47. The maximum atomic E-state index is 13.1. The fourth-order valence-corrected chi connectivity index (χ4v) is 4.57. The zero-order valence-corrected chi connectivity index (χ0v) is 15.1. The van der Waals surface area contributed by atoms with Crippen molar-refractivity contribution in [3.8, 4) is 0 Å². The predicted octanol–water partition coefficient (Wildman–Crippen LogP) is 3.21. The molecule has 5 rings (SSSR count). The van der Waals surface area contributed by atoms with Crippen molar-refractivity contribution in [2.45, 2.75) is 19.3 Å². The van der Waals surface area contributed by atoms with Crippen molar-refractivity contribution in [1.82, 2.24) is 24.8 Å². The van der Waals surface area contributed by atoms with E-state index in [-0.39, 0.29) is 10.7 Å². The minimum atomic E-state index is -4.36. The second-order valence-electron chi connectivity index (χ2n) is 7.66. The van der Waals surface area contributed by atoms with E-state index in [0.29, 0.717) is 21.8 Å². The zero-order chi connectivity index (χ0) is 18.8. The number of likely N-dealkylation sites (tertiary alicyclic amines) is 1. The van der Waals surface area contributed by atoms with Crippen molar-refractivity contribution in [3.05, 3.63) is 35.2 Å². The Morgan fingerprint density at radius 2 is 1.96 bits per heavy atom. The lowest BCUT2D eigenvalue weighted by Crippen LogP contribution is -2.70. The molecule has 1 N–H and O–H groups in total. The van der Waals surface area contributed by atoms with Crippen molar-refractivity contribution in [3.63, 3.8) is 0 Å². The third-order valence-electron chi connectivity index (χ3n) is 5.52. The molecule has 1 spiro atoms. The van der Waals surface area contributed by atoms with Gasteiger partial charge < -0.3 is 9.88 Å². The van der Waals surface area contributed by atoms with E-state index in [2.05, 4.69) is 20.2 Å². The van der Waals surface area contributed by atoms with E-state index in [4.69, 9.17) is 11.6 Å². The molecule has 27 heavy (non-hydrogen) atoms. The summed E-state index contributed by atoms with van der Waals surface area (Å²) < 4.78 is 40.5. The van der Waals surface area contributed by atoms with E-state index in [1.807, 2.05) is 12.1 Å². The van der Waals surface area contributed by atoms with Gasteiger partial charge in [-0.1, -0.05) is 17.7 Å². The van der Waals surface area contributed by atoms with Crippen LogP contribution < -0.4 is 5.32 Å². The van der Waals surface area contributed by atoms with Gasteiger partial charge in [0.25, 0.3) is 0 Å². The average Bonchev–Trinajstić information content (AvgIpc) is 2.82. The van der Waals surface area contributed by atoms with Gasteiger partial charge >= 0.3 is 6.18 Å². The summed E-state index contributed by atoms with van der Waals surface area (Å²) in [4.78, 5) is 10.4. The third-order valence-corrected chi connectivity index (χ3v) is 5.79. The third kappa shape index (κ3) is 2.86. The van der Waals surface area contributed by atoms with Crippen LogP contribution in [0.2, 0.25) is 5.15 Å². The first-order valence-corrected chi connectivity index (χ1v) is 9.13. The molecule has 3 aromatic rings. The van der Waals surface area contributed by atoms with Gasteiger partial charge in [0.1, 0.15) is 23.9 Å². The highest BCUT2D eigenvalue weighted by Crippen LogP contribution is 2.37. The number of fused-ring (bicyclic) bond motifs is 3. The van der Waals surface area contributed by atoms with E-state index < -0.39 is 12.7 Å². The Hall–Kier alpha value is -1.90. The van der Waals surface area contributed by atoms with Crippen LogP contribution in [0.4, 0.5) is 13.2 Å². The maximum absolute atomic E-state index is 13.1. The summed E-state index contributed by atoms with van der Waals surface area (Å²) in [6, 6.07) is 5.55. The number of halogens is 4. The van der Waals surface area contributed by atoms with Gasteiger partial charge in [0.15, 0.2) is 5.15 Å². The SMILES string of the molecule is FC(F)(F)Cn1c2ccc(CN3CC4(CNC4)C3)cc2c2ncnc(Cl)c21. The number of hydrogen-bond acceptors (Lipinski definition) is 4. The number of nitrogens with zero attached hydrogens (tertiary/aromatic N) is 4. The molecule has 142 valence electrons. The van der Waals surface area contributed by atoms with E-state index in [1.54, 1.807) is 6.07 Å². The van der Waals surface area contributed by atoms with Crippen LogP contribution in [0.15, 0.2) is 24.5 Å². The molecule has 0 amide bonds. The summed E-state index contributed by atoms with van der Waals surface area (Å²) in [7, 11) is 0. The fourth-order valence-electron chi connectivity index (χ4n) is 4.34. The number of alkyl halides is 3. The van der Waals surface area contributed by atoms with Crippen LogP contribution in [0.1, 0.15) is 5.56 Å². The Morgan fingerprint density at radius 3 is 2.63 bits per heavy atom. The molecule has 2 fully saturated rings. The van der Waals surface area contributed by atoms with Crippen LogP contribution in [0, 0.1) is 5.41 Å². The number of nitrogens with one attached hydrogen (secondary N) is 1. The summed E-state index contributed by atoms with van der Waals surface area (Å²) in [6.45, 7) is 3.92. The van der Waals surface area contributed by atoms with Gasteiger partial charge in [-0.15, -0.1) is 0 Å². The molecule has 0 radical (unpaired) electrons. The minimum Gasteiger partial charge on any atom is -0.327 e. The van der Waals surface area contributed by atoms with E-state index >= 15 is 0 Å². The highest BCUT2D eigenvalue weighted by atomic mass is 35.5. The van der Waals surface area contributed by atoms with Crippen LogP contribution >= 0.6 is 11.6 Å². The first-order chi connectivity index (χ1) is 12.8. The zero-order valence-electron chi connectivity index (χ0n) is 14.4. The number of aromatic nitrogens is 3. The number of hydrogen-bond donors (Lipinski definition) is 1. The summed E-state index contributed by atoms with van der Waals surface area (Å²) in [6.07, 6.45) is -3.07. The molecule has 0 bridgehead atoms. The second-order valence-corrected chi connectivity index (χ2v) is 8.02. The molecule has 9 heteroatoms. The molecule has 2 aliphatic heterocycles. The lowest BCUT2D eigenvalue weighted by atomic mass is 9.74. The van der Waals surface area contributed by atoms with Crippen LogP contribution in [-0.4, -0.2) is 51.8 Å². The molecule has 0 atom stereocenters. The molecular formula is C18H17ClF3N5. The Balaban J connectivity index is 1.54. The predicted molar refractivity (Wildman–Crippen MR) is 96.7 cm³/mol. The standard InChI is InChI=1S/C18H17ClF3N5/c19-16-15-14(24-10-25-16)12-3-11(4-26-7-17(8-26)5-23-6-17)1-2-13(12)27(15)9-18(20,21)22/h1-3,10,23H,4-9H2. The van der Waals surface area contributed by atoms with Crippen LogP contribution in [0.5, 0.6) is 0 Å². The Kier molecular flexibility index (Phi) is 3.70. The van der Waals surface area contributed by atoms with Gasteiger partial charge in [0.2, 0.25) is 0 Å². The van der Waals surface area contributed by atoms with Gasteiger partial charge in [-0.25, -0.2) is 9.97 Å². The quantitative estimate of drug-likeness (QED) is 0.692. The molecule has 5 nitrogen and oxygen atoms in total.